The summed E-state index contributed by atoms with van der Waals surface area (Å²) in [5, 5.41) is 23.0. The highest BCUT2D eigenvalue weighted by Crippen LogP contribution is 1.74. The van der Waals surface area contributed by atoms with E-state index in [1.165, 1.54) is 13.8 Å². The molecule has 0 aromatic rings. The molecule has 0 saturated carbocycles. The molecular weight excluding hydrogens is 204 g/mol. The molecule has 0 bridgehead atoms. The van der Waals surface area contributed by atoms with Crippen molar-refractivity contribution in [2.45, 2.75) is 20.0 Å². The zero-order valence-electron chi connectivity index (χ0n) is 9.77. The Morgan fingerprint density at radius 1 is 1.33 bits per heavy atom. The number of aliphatic hydroxyl groups excluding tert-OH is 3. The average Bonchev–Trinajstić information content (AvgIpc) is 2.21. The summed E-state index contributed by atoms with van der Waals surface area (Å²) in [6.07, 6.45) is -0.560. The van der Waals surface area contributed by atoms with Crippen LogP contribution < -0.4 is 0 Å². The van der Waals surface area contributed by atoms with Gasteiger partial charge in [0.25, 0.3) is 0 Å². The van der Waals surface area contributed by atoms with Gasteiger partial charge in [0, 0.05) is 21.1 Å². The van der Waals surface area contributed by atoms with Gasteiger partial charge < -0.3 is 24.8 Å². The maximum absolute atomic E-state index is 10.0. The quantitative estimate of drug-likeness (QED) is 0.427. The molecule has 1 unspecified atom stereocenters. The summed E-state index contributed by atoms with van der Waals surface area (Å²) in [7, 11) is 2.56. The topological polar surface area (TPSA) is 96.2 Å². The molecule has 0 radical (unpaired) electrons. The van der Waals surface area contributed by atoms with Crippen molar-refractivity contribution in [3.63, 3.8) is 0 Å². The summed E-state index contributed by atoms with van der Waals surface area (Å²) >= 11 is 0. The van der Waals surface area contributed by atoms with Gasteiger partial charge in [-0.15, -0.1) is 0 Å². The summed E-state index contributed by atoms with van der Waals surface area (Å²) < 4.78 is 9.13. The number of aliphatic hydroxyl groups is 3. The molecule has 94 valence electrons. The van der Waals surface area contributed by atoms with Crippen LogP contribution in [0, 0.1) is 0 Å². The first kappa shape index (κ1) is 19.8. The number of carbonyl (C=O) groups is 1. The van der Waals surface area contributed by atoms with Crippen molar-refractivity contribution >= 4 is 5.97 Å². The fourth-order valence-electron chi connectivity index (χ4n) is 0.269. The Balaban J connectivity index is -0.000000177. The van der Waals surface area contributed by atoms with Crippen LogP contribution in [-0.2, 0) is 14.3 Å². The van der Waals surface area contributed by atoms with Gasteiger partial charge in [0.05, 0.1) is 19.3 Å². The van der Waals surface area contributed by atoms with Crippen LogP contribution in [0.5, 0.6) is 0 Å². The first-order valence-corrected chi connectivity index (χ1v) is 4.40. The number of hydrogen-bond acceptors (Lipinski definition) is 6. The van der Waals surface area contributed by atoms with Crippen LogP contribution in [-0.4, -0.2) is 61.4 Å². The first-order valence-electron chi connectivity index (χ1n) is 4.40. The van der Waals surface area contributed by atoms with E-state index in [4.69, 9.17) is 15.3 Å². The lowest BCUT2D eigenvalue weighted by molar-refractivity contribution is -0.142. The van der Waals surface area contributed by atoms with Gasteiger partial charge in [-0.2, -0.15) is 0 Å². The summed E-state index contributed by atoms with van der Waals surface area (Å²) in [5.41, 5.74) is 0. The molecule has 6 heteroatoms. The van der Waals surface area contributed by atoms with Gasteiger partial charge in [-0.25, -0.2) is 0 Å². The van der Waals surface area contributed by atoms with Crippen molar-refractivity contribution in [3.05, 3.63) is 0 Å². The van der Waals surface area contributed by atoms with Gasteiger partial charge >= 0.3 is 5.97 Å². The van der Waals surface area contributed by atoms with E-state index in [1.54, 1.807) is 7.11 Å². The molecule has 3 N–H and O–H groups in total. The van der Waals surface area contributed by atoms with Crippen LogP contribution in [0.15, 0.2) is 0 Å². The second-order valence-electron chi connectivity index (χ2n) is 2.36. The van der Waals surface area contributed by atoms with Crippen LogP contribution in [0.2, 0.25) is 0 Å². The number of ether oxygens (including phenoxy) is 2. The van der Waals surface area contributed by atoms with E-state index < -0.39 is 6.10 Å². The number of esters is 1. The van der Waals surface area contributed by atoms with Crippen LogP contribution in [0.4, 0.5) is 0 Å². The Morgan fingerprint density at radius 3 is 1.93 bits per heavy atom. The minimum absolute atomic E-state index is 0.139. The molecule has 0 aromatic carbocycles. The highest BCUT2D eigenvalue weighted by molar-refractivity contribution is 5.65. The maximum Gasteiger partial charge on any atom is 0.302 e. The molecule has 15 heavy (non-hydrogen) atoms. The van der Waals surface area contributed by atoms with Gasteiger partial charge in [0.15, 0.2) is 0 Å². The van der Waals surface area contributed by atoms with Crippen molar-refractivity contribution in [1.29, 1.82) is 0 Å². The van der Waals surface area contributed by atoms with Crippen molar-refractivity contribution in [2.75, 3.05) is 34.0 Å². The molecule has 0 fully saturated rings. The summed E-state index contributed by atoms with van der Waals surface area (Å²) in [4.78, 5) is 10.0. The second-order valence-corrected chi connectivity index (χ2v) is 2.36. The Bertz CT molecular complexity index is 115. The second kappa shape index (κ2) is 19.0. The molecular formula is C9H22O6. The van der Waals surface area contributed by atoms with Crippen LogP contribution in [0.3, 0.4) is 0 Å². The minimum atomic E-state index is -0.560. The molecule has 0 aliphatic rings. The Kier molecular flexibility index (Phi) is 25.1. The molecule has 1 atom stereocenters. The molecule has 0 aliphatic heterocycles. The highest BCUT2D eigenvalue weighted by Gasteiger charge is 1.88. The third kappa shape index (κ3) is 42.8. The maximum atomic E-state index is 10.0. The Hall–Kier alpha value is -0.690. The molecule has 0 spiro atoms. The predicted molar refractivity (Wildman–Crippen MR) is 55.4 cm³/mol. The van der Waals surface area contributed by atoms with Gasteiger partial charge in [0.1, 0.15) is 6.61 Å². The lowest BCUT2D eigenvalue weighted by atomic mass is 10.5. The monoisotopic (exact) mass is 226 g/mol. The minimum Gasteiger partial charge on any atom is -0.463 e. The lowest BCUT2D eigenvalue weighted by Gasteiger charge is -1.97. The highest BCUT2D eigenvalue weighted by atomic mass is 16.6. The summed E-state index contributed by atoms with van der Waals surface area (Å²) in [5.74, 6) is -0.262. The van der Waals surface area contributed by atoms with E-state index in [-0.39, 0.29) is 12.6 Å². The zero-order chi connectivity index (χ0) is 12.7. The number of hydrogen-bond donors (Lipinski definition) is 3. The number of carbonyl (C=O) groups excluding carboxylic acids is 1. The van der Waals surface area contributed by atoms with Crippen molar-refractivity contribution < 1.29 is 29.6 Å². The lowest BCUT2D eigenvalue weighted by Crippen LogP contribution is -2.05. The molecule has 6 nitrogen and oxygen atoms in total. The van der Waals surface area contributed by atoms with E-state index in [1.807, 2.05) is 0 Å². The average molecular weight is 226 g/mol. The molecule has 0 amide bonds. The fraction of sp³-hybridized carbons (Fsp3) is 0.889. The SMILES string of the molecule is CC(O)CO.CO.COCCOC(C)=O. The van der Waals surface area contributed by atoms with Gasteiger partial charge in [-0.1, -0.05) is 0 Å². The van der Waals surface area contributed by atoms with E-state index >= 15 is 0 Å². The van der Waals surface area contributed by atoms with Gasteiger partial charge in [-0.3, -0.25) is 4.79 Å². The first-order chi connectivity index (χ1) is 7.04. The smallest absolute Gasteiger partial charge is 0.302 e. The number of methoxy groups -OCH3 is 1. The van der Waals surface area contributed by atoms with Crippen LogP contribution in [0.1, 0.15) is 13.8 Å². The molecule has 0 heterocycles. The summed E-state index contributed by atoms with van der Waals surface area (Å²) in [6, 6.07) is 0. The number of rotatable bonds is 4. The Morgan fingerprint density at radius 2 is 1.73 bits per heavy atom. The standard InChI is InChI=1S/C5H10O3.C3H8O2.CH4O/c1-5(6)8-4-3-7-2;1-3(5)2-4;1-2/h3-4H2,1-2H3;3-5H,2H2,1H3;2H,1H3. The van der Waals surface area contributed by atoms with E-state index in [2.05, 4.69) is 9.47 Å². The predicted octanol–water partition coefficient (Wildman–Crippen LogP) is -0.836. The normalized spacial score (nSPS) is 10.1. The van der Waals surface area contributed by atoms with Crippen molar-refractivity contribution in [2.24, 2.45) is 0 Å². The third-order valence-electron chi connectivity index (χ3n) is 0.857. The summed E-state index contributed by atoms with van der Waals surface area (Å²) in [6.45, 7) is 3.58. The van der Waals surface area contributed by atoms with Crippen LogP contribution >= 0.6 is 0 Å². The molecule has 0 saturated heterocycles. The Labute approximate surface area is 90.4 Å². The van der Waals surface area contributed by atoms with Crippen molar-refractivity contribution in [3.8, 4) is 0 Å². The molecule has 0 aromatic heterocycles. The fourth-order valence-corrected chi connectivity index (χ4v) is 0.269. The van der Waals surface area contributed by atoms with Crippen molar-refractivity contribution in [1.82, 2.24) is 0 Å². The third-order valence-corrected chi connectivity index (χ3v) is 0.857. The van der Waals surface area contributed by atoms with Crippen LogP contribution in [0.25, 0.3) is 0 Å². The van der Waals surface area contributed by atoms with E-state index in [9.17, 15) is 4.79 Å². The zero-order valence-corrected chi connectivity index (χ0v) is 9.77. The van der Waals surface area contributed by atoms with E-state index in [0.29, 0.717) is 13.2 Å². The largest absolute Gasteiger partial charge is 0.463 e. The molecule has 0 aliphatic carbocycles. The van der Waals surface area contributed by atoms with E-state index in [0.717, 1.165) is 7.11 Å². The molecule has 0 rings (SSSR count). The van der Waals surface area contributed by atoms with Gasteiger partial charge in [0.2, 0.25) is 0 Å². The van der Waals surface area contributed by atoms with Gasteiger partial charge in [-0.05, 0) is 6.92 Å².